The Bertz CT molecular complexity index is 1140. The van der Waals surface area contributed by atoms with Crippen LogP contribution in [-0.4, -0.2) is 59.1 Å². The summed E-state index contributed by atoms with van der Waals surface area (Å²) in [5.41, 5.74) is 2.67. The second kappa shape index (κ2) is 11.0. The maximum atomic E-state index is 13.4. The average Bonchev–Trinajstić information content (AvgIpc) is 2.88. The lowest BCUT2D eigenvalue weighted by Gasteiger charge is -2.43. The van der Waals surface area contributed by atoms with E-state index in [1.807, 2.05) is 24.0 Å². The number of hydrogen-bond acceptors (Lipinski definition) is 6. The van der Waals surface area contributed by atoms with Crippen molar-refractivity contribution in [2.24, 2.45) is 0 Å². The molecule has 1 aliphatic heterocycles. The third kappa shape index (κ3) is 5.52. The van der Waals surface area contributed by atoms with Crippen LogP contribution in [0.5, 0.6) is 0 Å². The van der Waals surface area contributed by atoms with Gasteiger partial charge in [0.05, 0.1) is 30.1 Å². The average molecular weight is 506 g/mol. The first-order valence-corrected chi connectivity index (χ1v) is 13.3. The Labute approximate surface area is 217 Å². The normalized spacial score (nSPS) is 22.7. The molecular weight excluding hydrogens is 470 g/mol. The molecule has 2 aliphatic carbocycles. The van der Waals surface area contributed by atoms with Crippen LogP contribution in [0, 0.1) is 0 Å². The topological polar surface area (TPSA) is 115 Å². The van der Waals surface area contributed by atoms with Crippen molar-refractivity contribution in [2.45, 2.75) is 76.1 Å². The molecule has 9 nitrogen and oxygen atoms in total. The third-order valence-electron chi connectivity index (χ3n) is 7.88. The van der Waals surface area contributed by atoms with Crippen molar-refractivity contribution in [3.05, 3.63) is 53.9 Å². The van der Waals surface area contributed by atoms with E-state index in [-0.39, 0.29) is 55.0 Å². The highest BCUT2D eigenvalue weighted by atomic mass is 16.3. The number of aliphatic hydroxyl groups excluding tert-OH is 1. The van der Waals surface area contributed by atoms with E-state index in [0.717, 1.165) is 50.5 Å². The van der Waals surface area contributed by atoms with Crippen molar-refractivity contribution in [1.82, 2.24) is 15.6 Å². The summed E-state index contributed by atoms with van der Waals surface area (Å²) in [5, 5.41) is 16.1. The minimum Gasteiger partial charge on any atom is -0.393 e. The number of nitrogens with zero attached hydrogens (tertiary/aromatic N) is 3. The van der Waals surface area contributed by atoms with Gasteiger partial charge < -0.3 is 20.6 Å². The van der Waals surface area contributed by atoms with E-state index in [2.05, 4.69) is 15.6 Å². The number of nitrogens with one attached hydrogen (secondary N) is 2. The number of aliphatic hydroxyl groups is 1. The van der Waals surface area contributed by atoms with Gasteiger partial charge in [-0.3, -0.25) is 24.3 Å². The van der Waals surface area contributed by atoms with Crippen LogP contribution in [0.4, 0.5) is 11.4 Å². The molecule has 0 unspecified atom stereocenters. The van der Waals surface area contributed by atoms with Crippen molar-refractivity contribution in [3.8, 4) is 0 Å². The Morgan fingerprint density at radius 3 is 2.46 bits per heavy atom. The van der Waals surface area contributed by atoms with Crippen molar-refractivity contribution >= 4 is 29.1 Å². The zero-order valence-corrected chi connectivity index (χ0v) is 21.2. The molecule has 2 saturated carbocycles. The van der Waals surface area contributed by atoms with Crippen LogP contribution in [0.2, 0.25) is 0 Å². The lowest BCUT2D eigenvalue weighted by Crippen LogP contribution is -2.55. The SMILES string of the molecule is C[C@H](NC(=O)c1ccc2c(c1)N(C(=O)CNC1CCC(O)CC1)CC(=O)N2C1CCC1)c1ccncc1. The van der Waals surface area contributed by atoms with Crippen molar-refractivity contribution in [2.75, 3.05) is 22.9 Å². The maximum Gasteiger partial charge on any atom is 0.251 e. The van der Waals surface area contributed by atoms with Crippen LogP contribution in [0.15, 0.2) is 42.7 Å². The van der Waals surface area contributed by atoms with Crippen molar-refractivity contribution in [3.63, 3.8) is 0 Å². The van der Waals surface area contributed by atoms with Gasteiger partial charge in [0.1, 0.15) is 6.54 Å². The lowest BCUT2D eigenvalue weighted by atomic mass is 9.90. The standard InChI is InChI=1S/C28H35N5O4/c1-18(19-11-13-29-14-12-19)31-28(37)20-5-10-24-25(15-20)32(17-27(36)33(24)22-3-2-4-22)26(35)16-30-21-6-8-23(34)9-7-21/h5,10-15,18,21-23,30,34H,2-4,6-9,16-17H2,1H3,(H,31,37)/t18-,21?,23?/m0/s1. The molecule has 0 spiro atoms. The molecule has 196 valence electrons. The molecule has 0 radical (unpaired) electrons. The number of hydrogen-bond donors (Lipinski definition) is 3. The first-order chi connectivity index (χ1) is 17.9. The number of carbonyl (C=O) groups is 3. The molecule has 0 saturated heterocycles. The molecule has 5 rings (SSSR count). The molecule has 3 aliphatic rings. The lowest BCUT2D eigenvalue weighted by molar-refractivity contribution is -0.123. The minimum atomic E-state index is -0.260. The highest BCUT2D eigenvalue weighted by Crippen LogP contribution is 2.40. The number of carbonyl (C=O) groups excluding carboxylic acids is 3. The van der Waals surface area contributed by atoms with E-state index >= 15 is 0 Å². The van der Waals surface area contributed by atoms with Gasteiger partial charge in [-0.05, 0) is 87.8 Å². The molecule has 1 atom stereocenters. The Morgan fingerprint density at radius 1 is 1.05 bits per heavy atom. The first kappa shape index (κ1) is 25.4. The second-order valence-electron chi connectivity index (χ2n) is 10.4. The van der Waals surface area contributed by atoms with E-state index in [1.54, 1.807) is 30.6 Å². The molecule has 37 heavy (non-hydrogen) atoms. The summed E-state index contributed by atoms with van der Waals surface area (Å²) in [7, 11) is 0. The molecule has 9 heteroatoms. The van der Waals surface area contributed by atoms with Crippen LogP contribution < -0.4 is 20.4 Å². The smallest absolute Gasteiger partial charge is 0.251 e. The number of aromatic nitrogens is 1. The van der Waals surface area contributed by atoms with E-state index in [4.69, 9.17) is 0 Å². The molecule has 3 amide bonds. The predicted octanol–water partition coefficient (Wildman–Crippen LogP) is 2.70. The van der Waals surface area contributed by atoms with Crippen molar-refractivity contribution < 1.29 is 19.5 Å². The van der Waals surface area contributed by atoms with Gasteiger partial charge in [0.25, 0.3) is 5.91 Å². The fraction of sp³-hybridized carbons (Fsp3) is 0.500. The zero-order valence-electron chi connectivity index (χ0n) is 21.2. The van der Waals surface area contributed by atoms with Gasteiger partial charge >= 0.3 is 0 Å². The predicted molar refractivity (Wildman–Crippen MR) is 140 cm³/mol. The second-order valence-corrected chi connectivity index (χ2v) is 10.4. The number of anilines is 2. The highest BCUT2D eigenvalue weighted by molar-refractivity contribution is 6.13. The van der Waals surface area contributed by atoms with Gasteiger partial charge in [-0.25, -0.2) is 0 Å². The van der Waals surface area contributed by atoms with E-state index < -0.39 is 0 Å². The van der Waals surface area contributed by atoms with Gasteiger partial charge in [-0.15, -0.1) is 0 Å². The minimum absolute atomic E-state index is 0.0358. The van der Waals surface area contributed by atoms with Crippen molar-refractivity contribution in [1.29, 1.82) is 0 Å². The zero-order chi connectivity index (χ0) is 25.9. The van der Waals surface area contributed by atoms with E-state index in [9.17, 15) is 19.5 Å². The van der Waals surface area contributed by atoms with Gasteiger partial charge in [0.2, 0.25) is 11.8 Å². The summed E-state index contributed by atoms with van der Waals surface area (Å²) >= 11 is 0. The number of pyridine rings is 1. The van der Waals surface area contributed by atoms with Crippen LogP contribution in [0.1, 0.15) is 73.8 Å². The van der Waals surface area contributed by atoms with Crippen LogP contribution in [0.25, 0.3) is 0 Å². The Morgan fingerprint density at radius 2 is 1.78 bits per heavy atom. The van der Waals surface area contributed by atoms with Gasteiger partial charge in [0, 0.05) is 30.0 Å². The molecule has 1 aromatic heterocycles. The molecule has 0 bridgehead atoms. The highest BCUT2D eigenvalue weighted by Gasteiger charge is 2.38. The quantitative estimate of drug-likeness (QED) is 0.533. The summed E-state index contributed by atoms with van der Waals surface area (Å²) in [6.45, 7) is 1.98. The largest absolute Gasteiger partial charge is 0.393 e. The summed E-state index contributed by atoms with van der Waals surface area (Å²) in [6.07, 6.45) is 9.18. The monoisotopic (exact) mass is 505 g/mol. The summed E-state index contributed by atoms with van der Waals surface area (Å²) in [4.78, 5) is 47.0. The van der Waals surface area contributed by atoms with E-state index in [0.29, 0.717) is 16.9 Å². The molecule has 2 fully saturated rings. The first-order valence-electron chi connectivity index (χ1n) is 13.3. The molecule has 2 heterocycles. The fourth-order valence-electron chi connectivity index (χ4n) is 5.41. The Kier molecular flexibility index (Phi) is 7.53. The van der Waals surface area contributed by atoms with E-state index in [1.165, 1.54) is 4.90 Å². The molecule has 1 aromatic carbocycles. The van der Waals surface area contributed by atoms with Crippen LogP contribution in [0.3, 0.4) is 0 Å². The number of rotatable bonds is 7. The fourth-order valence-corrected chi connectivity index (χ4v) is 5.41. The molecule has 2 aromatic rings. The number of fused-ring (bicyclic) bond motifs is 1. The van der Waals surface area contributed by atoms with Crippen LogP contribution >= 0.6 is 0 Å². The molecular formula is C28H35N5O4. The third-order valence-corrected chi connectivity index (χ3v) is 7.88. The van der Waals surface area contributed by atoms with Gasteiger partial charge in [-0.1, -0.05) is 0 Å². The Balaban J connectivity index is 1.36. The number of amides is 3. The maximum absolute atomic E-state index is 13.4. The van der Waals surface area contributed by atoms with Gasteiger partial charge in [-0.2, -0.15) is 0 Å². The Hall–Kier alpha value is -3.30. The van der Waals surface area contributed by atoms with Crippen LogP contribution in [-0.2, 0) is 9.59 Å². The summed E-state index contributed by atoms with van der Waals surface area (Å²) < 4.78 is 0. The van der Waals surface area contributed by atoms with Gasteiger partial charge in [0.15, 0.2) is 0 Å². The molecule has 3 N–H and O–H groups in total. The summed E-state index contributed by atoms with van der Waals surface area (Å²) in [6, 6.07) is 9.08. The number of benzene rings is 1. The summed E-state index contributed by atoms with van der Waals surface area (Å²) in [5.74, 6) is -0.531.